The van der Waals surface area contributed by atoms with Gasteiger partial charge in [-0.05, 0) is 32.5 Å². The summed E-state index contributed by atoms with van der Waals surface area (Å²) in [4.78, 5) is 13.1. The molecule has 0 spiro atoms. The Morgan fingerprint density at radius 1 is 1.57 bits per heavy atom. The van der Waals surface area contributed by atoms with Gasteiger partial charge in [0.15, 0.2) is 0 Å². The minimum atomic E-state index is 0.116. The maximum Gasteiger partial charge on any atom is 0.219 e. The van der Waals surface area contributed by atoms with Crippen molar-refractivity contribution in [3.8, 4) is 0 Å². The number of carbonyl (C=O) groups excluding carboxylic acids is 1. The first-order valence-corrected chi connectivity index (χ1v) is 5.19. The molecule has 0 aromatic carbocycles. The molecule has 0 aliphatic heterocycles. The van der Waals surface area contributed by atoms with E-state index in [2.05, 4.69) is 24.2 Å². The molecule has 0 heterocycles. The fourth-order valence-electron chi connectivity index (χ4n) is 1.33. The van der Waals surface area contributed by atoms with Crippen LogP contribution in [0.2, 0.25) is 0 Å². The van der Waals surface area contributed by atoms with Gasteiger partial charge in [0.2, 0.25) is 5.91 Å². The van der Waals surface area contributed by atoms with Crippen LogP contribution < -0.4 is 11.1 Å². The summed E-state index contributed by atoms with van der Waals surface area (Å²) in [5.41, 5.74) is 5.53. The van der Waals surface area contributed by atoms with Crippen molar-refractivity contribution in [2.45, 2.75) is 19.8 Å². The SMILES string of the molecule is CNC(=O)CCCN(C)CC(C)CN. The largest absolute Gasteiger partial charge is 0.359 e. The summed E-state index contributed by atoms with van der Waals surface area (Å²) in [7, 11) is 3.73. The van der Waals surface area contributed by atoms with E-state index in [1.54, 1.807) is 7.05 Å². The van der Waals surface area contributed by atoms with Crippen LogP contribution in [0.25, 0.3) is 0 Å². The average Bonchev–Trinajstić information content (AvgIpc) is 2.17. The van der Waals surface area contributed by atoms with Crippen molar-refractivity contribution in [1.82, 2.24) is 10.2 Å². The van der Waals surface area contributed by atoms with Gasteiger partial charge in [-0.3, -0.25) is 4.79 Å². The lowest BCUT2D eigenvalue weighted by Gasteiger charge is -2.19. The van der Waals surface area contributed by atoms with Crippen molar-refractivity contribution < 1.29 is 4.79 Å². The maximum atomic E-state index is 10.9. The quantitative estimate of drug-likeness (QED) is 0.611. The van der Waals surface area contributed by atoms with E-state index in [0.29, 0.717) is 12.3 Å². The molecule has 0 fully saturated rings. The van der Waals surface area contributed by atoms with E-state index in [-0.39, 0.29) is 5.91 Å². The zero-order valence-corrected chi connectivity index (χ0v) is 9.55. The topological polar surface area (TPSA) is 58.4 Å². The van der Waals surface area contributed by atoms with Gasteiger partial charge >= 0.3 is 0 Å². The minimum absolute atomic E-state index is 0.116. The first-order chi connectivity index (χ1) is 6.60. The van der Waals surface area contributed by atoms with Gasteiger partial charge in [0.25, 0.3) is 0 Å². The number of rotatable bonds is 7. The first kappa shape index (κ1) is 13.4. The molecule has 0 aliphatic rings. The third-order valence-corrected chi connectivity index (χ3v) is 2.25. The molecule has 0 saturated carbocycles. The molecule has 3 N–H and O–H groups in total. The third-order valence-electron chi connectivity index (χ3n) is 2.25. The second kappa shape index (κ2) is 7.76. The third kappa shape index (κ3) is 6.86. The molecule has 0 rings (SSSR count). The minimum Gasteiger partial charge on any atom is -0.359 e. The highest BCUT2D eigenvalue weighted by molar-refractivity contribution is 5.75. The molecule has 1 amide bonds. The van der Waals surface area contributed by atoms with Crippen LogP contribution in [-0.2, 0) is 4.79 Å². The van der Waals surface area contributed by atoms with Crippen molar-refractivity contribution in [1.29, 1.82) is 0 Å². The first-order valence-electron chi connectivity index (χ1n) is 5.19. The van der Waals surface area contributed by atoms with Crippen LogP contribution in [0.3, 0.4) is 0 Å². The van der Waals surface area contributed by atoms with E-state index in [4.69, 9.17) is 5.73 Å². The molecule has 0 radical (unpaired) electrons. The average molecular weight is 201 g/mol. The molecule has 84 valence electrons. The fourth-order valence-corrected chi connectivity index (χ4v) is 1.33. The number of hydrogen-bond donors (Lipinski definition) is 2. The molecule has 0 saturated heterocycles. The predicted octanol–water partition coefficient (Wildman–Crippen LogP) is 0.0392. The molecule has 1 atom stereocenters. The standard InChI is InChI=1S/C10H23N3O/c1-9(7-11)8-13(3)6-4-5-10(14)12-2/h9H,4-8,11H2,1-3H3,(H,12,14). The molecule has 0 aromatic heterocycles. The molecule has 0 aliphatic carbocycles. The van der Waals surface area contributed by atoms with Gasteiger partial charge in [-0.15, -0.1) is 0 Å². The van der Waals surface area contributed by atoms with E-state index < -0.39 is 0 Å². The molecule has 14 heavy (non-hydrogen) atoms. The Labute approximate surface area is 86.8 Å². The molecule has 0 bridgehead atoms. The van der Waals surface area contributed by atoms with Gasteiger partial charge in [-0.25, -0.2) is 0 Å². The number of hydrogen-bond acceptors (Lipinski definition) is 3. The predicted molar refractivity (Wildman–Crippen MR) is 59.0 cm³/mol. The summed E-state index contributed by atoms with van der Waals surface area (Å²) in [6.45, 7) is 4.82. The highest BCUT2D eigenvalue weighted by Gasteiger charge is 2.05. The van der Waals surface area contributed by atoms with Crippen LogP contribution in [0.15, 0.2) is 0 Å². The van der Waals surface area contributed by atoms with E-state index in [0.717, 1.165) is 26.1 Å². The van der Waals surface area contributed by atoms with Crippen molar-refractivity contribution in [3.05, 3.63) is 0 Å². The van der Waals surface area contributed by atoms with Gasteiger partial charge in [0.1, 0.15) is 0 Å². The van der Waals surface area contributed by atoms with Crippen molar-refractivity contribution in [2.24, 2.45) is 11.7 Å². The number of nitrogens with two attached hydrogens (primary N) is 1. The number of nitrogens with one attached hydrogen (secondary N) is 1. The van der Waals surface area contributed by atoms with Crippen molar-refractivity contribution >= 4 is 5.91 Å². The van der Waals surface area contributed by atoms with E-state index >= 15 is 0 Å². The number of amides is 1. The Morgan fingerprint density at radius 3 is 2.71 bits per heavy atom. The summed E-state index contributed by atoms with van der Waals surface area (Å²) < 4.78 is 0. The second-order valence-electron chi connectivity index (χ2n) is 3.88. The fraction of sp³-hybridized carbons (Fsp3) is 0.900. The number of carbonyl (C=O) groups is 1. The Balaban J connectivity index is 3.44. The van der Waals surface area contributed by atoms with Gasteiger partial charge in [-0.2, -0.15) is 0 Å². The Morgan fingerprint density at radius 2 is 2.21 bits per heavy atom. The summed E-state index contributed by atoms with van der Waals surface area (Å²) in [5, 5.41) is 2.61. The van der Waals surface area contributed by atoms with Crippen molar-refractivity contribution in [2.75, 3.05) is 33.7 Å². The molecule has 1 unspecified atom stereocenters. The lowest BCUT2D eigenvalue weighted by molar-refractivity contribution is -0.120. The highest BCUT2D eigenvalue weighted by atomic mass is 16.1. The Hall–Kier alpha value is -0.610. The van der Waals surface area contributed by atoms with Crippen LogP contribution in [0.1, 0.15) is 19.8 Å². The molecular formula is C10H23N3O. The van der Waals surface area contributed by atoms with Gasteiger partial charge in [0, 0.05) is 20.0 Å². The zero-order chi connectivity index (χ0) is 11.0. The lowest BCUT2D eigenvalue weighted by atomic mass is 10.1. The van der Waals surface area contributed by atoms with Crippen LogP contribution in [0.5, 0.6) is 0 Å². The van der Waals surface area contributed by atoms with E-state index in [1.165, 1.54) is 0 Å². The monoisotopic (exact) mass is 201 g/mol. The lowest BCUT2D eigenvalue weighted by Crippen LogP contribution is -2.30. The second-order valence-corrected chi connectivity index (χ2v) is 3.88. The van der Waals surface area contributed by atoms with Crippen LogP contribution in [-0.4, -0.2) is 44.5 Å². The number of nitrogens with zero attached hydrogens (tertiary/aromatic N) is 1. The Bertz CT molecular complexity index is 161. The summed E-state index contributed by atoms with van der Waals surface area (Å²) in [6.07, 6.45) is 1.52. The van der Waals surface area contributed by atoms with Gasteiger partial charge < -0.3 is 16.0 Å². The molecular weight excluding hydrogens is 178 g/mol. The van der Waals surface area contributed by atoms with Crippen molar-refractivity contribution in [3.63, 3.8) is 0 Å². The van der Waals surface area contributed by atoms with Gasteiger partial charge in [-0.1, -0.05) is 6.92 Å². The highest BCUT2D eigenvalue weighted by Crippen LogP contribution is 1.98. The van der Waals surface area contributed by atoms with E-state index in [1.807, 2.05) is 0 Å². The smallest absolute Gasteiger partial charge is 0.219 e. The summed E-state index contributed by atoms with van der Waals surface area (Å²) in [5.74, 6) is 0.644. The van der Waals surface area contributed by atoms with E-state index in [9.17, 15) is 4.79 Å². The summed E-state index contributed by atoms with van der Waals surface area (Å²) in [6, 6.07) is 0. The Kier molecular flexibility index (Phi) is 7.42. The molecule has 4 nitrogen and oxygen atoms in total. The van der Waals surface area contributed by atoms with Crippen LogP contribution >= 0.6 is 0 Å². The maximum absolute atomic E-state index is 10.9. The summed E-state index contributed by atoms with van der Waals surface area (Å²) >= 11 is 0. The normalized spacial score (nSPS) is 12.9. The van der Waals surface area contributed by atoms with Crippen LogP contribution in [0.4, 0.5) is 0 Å². The van der Waals surface area contributed by atoms with Crippen LogP contribution in [0, 0.1) is 5.92 Å². The molecule has 4 heteroatoms. The zero-order valence-electron chi connectivity index (χ0n) is 9.55. The van der Waals surface area contributed by atoms with Gasteiger partial charge in [0.05, 0.1) is 0 Å². The molecule has 0 aromatic rings.